The summed E-state index contributed by atoms with van der Waals surface area (Å²) in [5.41, 5.74) is 1.80. The third-order valence-corrected chi connectivity index (χ3v) is 4.79. The lowest BCUT2D eigenvalue weighted by Crippen LogP contribution is -1.99. The maximum atomic E-state index is 11.4. The SMILES string of the molecule is CS(=O)(=O)c1ccc(/C(=C\C2CCCC2)CO)cc1. The molecule has 19 heavy (non-hydrogen) atoms. The molecule has 4 heteroatoms. The highest BCUT2D eigenvalue weighted by atomic mass is 32.2. The summed E-state index contributed by atoms with van der Waals surface area (Å²) in [5, 5.41) is 9.48. The first-order chi connectivity index (χ1) is 9.00. The van der Waals surface area contributed by atoms with Gasteiger partial charge in [-0.3, -0.25) is 0 Å². The molecule has 1 saturated carbocycles. The number of hydrogen-bond donors (Lipinski definition) is 1. The van der Waals surface area contributed by atoms with E-state index in [1.807, 2.05) is 0 Å². The van der Waals surface area contributed by atoms with Gasteiger partial charge in [0.2, 0.25) is 0 Å². The largest absolute Gasteiger partial charge is 0.392 e. The van der Waals surface area contributed by atoms with E-state index in [1.54, 1.807) is 24.3 Å². The van der Waals surface area contributed by atoms with Gasteiger partial charge < -0.3 is 5.11 Å². The fraction of sp³-hybridized carbons (Fsp3) is 0.467. The summed E-state index contributed by atoms with van der Waals surface area (Å²) >= 11 is 0. The van der Waals surface area contributed by atoms with Gasteiger partial charge in [-0.2, -0.15) is 0 Å². The van der Waals surface area contributed by atoms with Crippen LogP contribution < -0.4 is 0 Å². The zero-order valence-corrected chi connectivity index (χ0v) is 12.0. The van der Waals surface area contributed by atoms with Crippen LogP contribution in [0.2, 0.25) is 0 Å². The first-order valence-corrected chi connectivity index (χ1v) is 8.52. The Kier molecular flexibility index (Phi) is 4.42. The summed E-state index contributed by atoms with van der Waals surface area (Å²) in [6, 6.07) is 6.74. The van der Waals surface area contributed by atoms with Crippen LogP contribution in [0.25, 0.3) is 5.57 Å². The molecule has 0 spiro atoms. The standard InChI is InChI=1S/C15H20O3S/c1-19(17,18)15-8-6-13(7-9-15)14(11-16)10-12-4-2-3-5-12/h6-10,12,16H,2-5,11H2,1H3/b14-10-. The number of benzene rings is 1. The minimum atomic E-state index is -3.16. The smallest absolute Gasteiger partial charge is 0.175 e. The molecule has 3 nitrogen and oxygen atoms in total. The van der Waals surface area contributed by atoms with E-state index in [9.17, 15) is 13.5 Å². The van der Waals surface area contributed by atoms with E-state index < -0.39 is 9.84 Å². The average molecular weight is 280 g/mol. The highest BCUT2D eigenvalue weighted by Crippen LogP contribution is 2.29. The Bertz CT molecular complexity index is 550. The van der Waals surface area contributed by atoms with Crippen molar-refractivity contribution in [2.45, 2.75) is 30.6 Å². The van der Waals surface area contributed by atoms with Crippen LogP contribution >= 0.6 is 0 Å². The number of sulfone groups is 1. The van der Waals surface area contributed by atoms with Gasteiger partial charge in [0.1, 0.15) is 0 Å². The number of aliphatic hydroxyl groups is 1. The normalized spacial score (nSPS) is 17.9. The van der Waals surface area contributed by atoms with Crippen LogP contribution in [-0.2, 0) is 9.84 Å². The molecule has 1 aromatic rings. The van der Waals surface area contributed by atoms with E-state index >= 15 is 0 Å². The summed E-state index contributed by atoms with van der Waals surface area (Å²) < 4.78 is 22.8. The second-order valence-corrected chi connectivity index (χ2v) is 7.21. The zero-order chi connectivity index (χ0) is 13.9. The second-order valence-electron chi connectivity index (χ2n) is 5.19. The number of allylic oxidation sites excluding steroid dienone is 1. The molecule has 0 amide bonds. The van der Waals surface area contributed by atoms with Gasteiger partial charge >= 0.3 is 0 Å². The monoisotopic (exact) mass is 280 g/mol. The van der Waals surface area contributed by atoms with Crippen LogP contribution in [0.5, 0.6) is 0 Å². The van der Waals surface area contributed by atoms with Crippen molar-refractivity contribution in [3.8, 4) is 0 Å². The fourth-order valence-electron chi connectivity index (χ4n) is 2.56. The topological polar surface area (TPSA) is 54.4 Å². The van der Waals surface area contributed by atoms with E-state index in [0.717, 1.165) is 11.1 Å². The molecular weight excluding hydrogens is 260 g/mol. The van der Waals surface area contributed by atoms with Gasteiger partial charge in [-0.1, -0.05) is 31.1 Å². The summed E-state index contributed by atoms with van der Waals surface area (Å²) in [6.45, 7) is -0.00524. The lowest BCUT2D eigenvalue weighted by atomic mass is 9.99. The van der Waals surface area contributed by atoms with E-state index in [4.69, 9.17) is 0 Å². The van der Waals surface area contributed by atoms with Crippen LogP contribution in [0.15, 0.2) is 35.2 Å². The highest BCUT2D eigenvalue weighted by Gasteiger charge is 2.14. The predicted molar refractivity (Wildman–Crippen MR) is 76.6 cm³/mol. The molecule has 2 rings (SSSR count). The molecule has 0 bridgehead atoms. The van der Waals surface area contributed by atoms with Crippen molar-refractivity contribution in [1.82, 2.24) is 0 Å². The predicted octanol–water partition coefficient (Wildman–Crippen LogP) is 2.66. The molecule has 1 fully saturated rings. The minimum Gasteiger partial charge on any atom is -0.392 e. The summed E-state index contributed by atoms with van der Waals surface area (Å²) in [7, 11) is -3.16. The molecule has 1 aliphatic rings. The van der Waals surface area contributed by atoms with E-state index in [2.05, 4.69) is 6.08 Å². The first-order valence-electron chi connectivity index (χ1n) is 6.63. The van der Waals surface area contributed by atoms with Gasteiger partial charge in [0.25, 0.3) is 0 Å². The minimum absolute atomic E-state index is 0.00524. The van der Waals surface area contributed by atoms with Crippen molar-refractivity contribution in [2.75, 3.05) is 12.9 Å². The fourth-order valence-corrected chi connectivity index (χ4v) is 3.20. The molecule has 1 aromatic carbocycles. The van der Waals surface area contributed by atoms with Crippen molar-refractivity contribution in [1.29, 1.82) is 0 Å². The Balaban J connectivity index is 2.24. The number of rotatable bonds is 4. The number of aliphatic hydroxyl groups excluding tert-OH is 1. The van der Waals surface area contributed by atoms with Gasteiger partial charge in [-0.15, -0.1) is 0 Å². The van der Waals surface area contributed by atoms with E-state index in [0.29, 0.717) is 10.8 Å². The molecule has 0 aromatic heterocycles. The Morgan fingerprint density at radius 1 is 1.26 bits per heavy atom. The van der Waals surface area contributed by atoms with Crippen LogP contribution in [-0.4, -0.2) is 26.4 Å². The quantitative estimate of drug-likeness (QED) is 0.922. The van der Waals surface area contributed by atoms with Gasteiger partial charge in [0.15, 0.2) is 9.84 Å². The van der Waals surface area contributed by atoms with Crippen LogP contribution in [0.1, 0.15) is 31.2 Å². The molecule has 0 unspecified atom stereocenters. The molecule has 0 saturated heterocycles. The van der Waals surface area contributed by atoms with Gasteiger partial charge in [-0.05, 0) is 42.0 Å². The Morgan fingerprint density at radius 3 is 2.32 bits per heavy atom. The number of hydrogen-bond acceptors (Lipinski definition) is 3. The van der Waals surface area contributed by atoms with Crippen LogP contribution in [0.3, 0.4) is 0 Å². The maximum absolute atomic E-state index is 11.4. The molecule has 104 valence electrons. The van der Waals surface area contributed by atoms with Crippen molar-refractivity contribution >= 4 is 15.4 Å². The average Bonchev–Trinajstić information content (AvgIpc) is 2.88. The van der Waals surface area contributed by atoms with Gasteiger partial charge in [0.05, 0.1) is 11.5 Å². The van der Waals surface area contributed by atoms with Crippen molar-refractivity contribution < 1.29 is 13.5 Å². The molecule has 0 aliphatic heterocycles. The first kappa shape index (κ1) is 14.3. The van der Waals surface area contributed by atoms with Gasteiger partial charge in [-0.25, -0.2) is 8.42 Å². The van der Waals surface area contributed by atoms with E-state index in [-0.39, 0.29) is 6.61 Å². The molecule has 0 radical (unpaired) electrons. The van der Waals surface area contributed by atoms with Crippen LogP contribution in [0.4, 0.5) is 0 Å². The summed E-state index contributed by atoms with van der Waals surface area (Å²) in [5.74, 6) is 0.553. The maximum Gasteiger partial charge on any atom is 0.175 e. The molecule has 1 aliphatic carbocycles. The third-order valence-electron chi connectivity index (χ3n) is 3.66. The van der Waals surface area contributed by atoms with Crippen molar-refractivity contribution in [3.05, 3.63) is 35.9 Å². The summed E-state index contributed by atoms with van der Waals surface area (Å²) in [4.78, 5) is 0.314. The second kappa shape index (κ2) is 5.88. The Hall–Kier alpha value is -1.13. The molecule has 1 N–H and O–H groups in total. The van der Waals surface area contributed by atoms with Gasteiger partial charge in [0, 0.05) is 6.26 Å². The highest BCUT2D eigenvalue weighted by molar-refractivity contribution is 7.90. The Labute approximate surface area is 114 Å². The molecule has 0 heterocycles. The zero-order valence-electron chi connectivity index (χ0n) is 11.2. The molecular formula is C15H20O3S. The van der Waals surface area contributed by atoms with Crippen molar-refractivity contribution in [2.24, 2.45) is 5.92 Å². The third kappa shape index (κ3) is 3.67. The lowest BCUT2D eigenvalue weighted by molar-refractivity contribution is 0.349. The van der Waals surface area contributed by atoms with Crippen molar-refractivity contribution in [3.63, 3.8) is 0 Å². The van der Waals surface area contributed by atoms with Crippen LogP contribution in [0, 0.1) is 5.92 Å². The van der Waals surface area contributed by atoms with E-state index in [1.165, 1.54) is 31.9 Å². The summed E-state index contributed by atoms with van der Waals surface area (Å²) in [6.07, 6.45) is 8.22. The molecule has 0 atom stereocenters. The Morgan fingerprint density at radius 2 is 1.84 bits per heavy atom. The lowest BCUT2D eigenvalue weighted by Gasteiger charge is -2.09.